The first-order valence-electron chi connectivity index (χ1n) is 5.20. The van der Waals surface area contributed by atoms with E-state index in [2.05, 4.69) is 22.0 Å². The molecule has 2 rings (SSSR count). The van der Waals surface area contributed by atoms with Crippen LogP contribution in [0, 0.1) is 0 Å². The molecule has 80 valence electrons. The number of hydrogen-bond acceptors (Lipinski definition) is 4. The van der Waals surface area contributed by atoms with Crippen molar-refractivity contribution >= 4 is 5.78 Å². The summed E-state index contributed by atoms with van der Waals surface area (Å²) in [5.74, 6) is 0.561. The lowest BCUT2D eigenvalue weighted by molar-refractivity contribution is 0.433. The molecule has 0 spiro atoms. The van der Waals surface area contributed by atoms with E-state index in [1.165, 1.54) is 23.7 Å². The smallest absolute Gasteiger partial charge is 0.255 e. The lowest BCUT2D eigenvalue weighted by atomic mass is 10.1. The van der Waals surface area contributed by atoms with E-state index in [4.69, 9.17) is 0 Å². The molecule has 2 heterocycles. The molecule has 0 radical (unpaired) electrons. The van der Waals surface area contributed by atoms with Gasteiger partial charge in [0.25, 0.3) is 5.78 Å². The highest BCUT2D eigenvalue weighted by molar-refractivity contribution is 5.32. The molecule has 0 aromatic carbocycles. The number of aromatic hydroxyl groups is 1. The third kappa shape index (κ3) is 2.06. The summed E-state index contributed by atoms with van der Waals surface area (Å²) >= 11 is 0. The van der Waals surface area contributed by atoms with Gasteiger partial charge in [-0.15, -0.1) is 0 Å². The minimum Gasteiger partial charge on any atom is -0.493 e. The maximum absolute atomic E-state index is 9.62. The summed E-state index contributed by atoms with van der Waals surface area (Å²) in [6.45, 7) is 2.16. The number of hydrogen-bond donors (Lipinski definition) is 1. The Morgan fingerprint density at radius 1 is 1.40 bits per heavy atom. The van der Waals surface area contributed by atoms with Gasteiger partial charge in [-0.3, -0.25) is 0 Å². The van der Waals surface area contributed by atoms with E-state index in [9.17, 15) is 5.11 Å². The maximum Gasteiger partial charge on any atom is 0.255 e. The van der Waals surface area contributed by atoms with Gasteiger partial charge in [0.05, 0.1) is 0 Å². The normalized spacial score (nSPS) is 11.0. The van der Waals surface area contributed by atoms with Crippen molar-refractivity contribution in [3.8, 4) is 5.88 Å². The summed E-state index contributed by atoms with van der Waals surface area (Å²) < 4.78 is 1.32. The van der Waals surface area contributed by atoms with E-state index < -0.39 is 0 Å². The molecule has 15 heavy (non-hydrogen) atoms. The second kappa shape index (κ2) is 4.25. The van der Waals surface area contributed by atoms with Crippen molar-refractivity contribution in [3.05, 3.63) is 18.1 Å². The average molecular weight is 206 g/mol. The molecule has 0 amide bonds. The van der Waals surface area contributed by atoms with Crippen LogP contribution in [0.1, 0.15) is 31.9 Å². The Morgan fingerprint density at radius 2 is 2.27 bits per heavy atom. The summed E-state index contributed by atoms with van der Waals surface area (Å²) in [5.41, 5.74) is 0.876. The van der Waals surface area contributed by atoms with Crippen LogP contribution in [0.2, 0.25) is 0 Å². The van der Waals surface area contributed by atoms with Gasteiger partial charge >= 0.3 is 0 Å². The Bertz CT molecular complexity index is 452. The van der Waals surface area contributed by atoms with Crippen molar-refractivity contribution in [2.75, 3.05) is 0 Å². The van der Waals surface area contributed by atoms with Crippen LogP contribution in [0.15, 0.2) is 12.4 Å². The van der Waals surface area contributed by atoms with Gasteiger partial charge in [-0.1, -0.05) is 19.8 Å². The Morgan fingerprint density at radius 3 is 3.07 bits per heavy atom. The maximum atomic E-state index is 9.62. The predicted octanol–water partition coefficient (Wildman–Crippen LogP) is 1.56. The van der Waals surface area contributed by atoms with Crippen LogP contribution in [0.25, 0.3) is 5.78 Å². The fraction of sp³-hybridized carbons (Fsp3) is 0.500. The molecule has 0 bridgehead atoms. The van der Waals surface area contributed by atoms with Crippen molar-refractivity contribution < 1.29 is 5.11 Å². The van der Waals surface area contributed by atoms with Crippen LogP contribution in [0.3, 0.4) is 0 Å². The third-order valence-corrected chi connectivity index (χ3v) is 2.32. The highest BCUT2D eigenvalue weighted by atomic mass is 16.3. The summed E-state index contributed by atoms with van der Waals surface area (Å²) in [7, 11) is 0. The van der Waals surface area contributed by atoms with Crippen molar-refractivity contribution in [2.45, 2.75) is 32.6 Å². The summed E-state index contributed by atoms with van der Waals surface area (Å²) in [4.78, 5) is 8.25. The summed E-state index contributed by atoms with van der Waals surface area (Å²) in [6, 6.07) is 1.65. The minimum atomic E-state index is 0.101. The molecular weight excluding hydrogens is 192 g/mol. The van der Waals surface area contributed by atoms with Gasteiger partial charge in [0.2, 0.25) is 5.88 Å². The zero-order chi connectivity index (χ0) is 10.7. The molecular formula is C10H14N4O. The van der Waals surface area contributed by atoms with Gasteiger partial charge in [-0.2, -0.15) is 14.6 Å². The van der Waals surface area contributed by atoms with E-state index in [1.54, 1.807) is 6.07 Å². The second-order valence-electron chi connectivity index (χ2n) is 3.53. The van der Waals surface area contributed by atoms with Crippen molar-refractivity contribution in [1.29, 1.82) is 0 Å². The Labute approximate surface area is 87.8 Å². The molecule has 1 N–H and O–H groups in total. The lowest BCUT2D eigenvalue weighted by Crippen LogP contribution is -1.97. The fourth-order valence-corrected chi connectivity index (χ4v) is 1.53. The van der Waals surface area contributed by atoms with E-state index in [0.717, 1.165) is 18.5 Å². The molecule has 0 aliphatic rings. The van der Waals surface area contributed by atoms with E-state index >= 15 is 0 Å². The van der Waals surface area contributed by atoms with Crippen LogP contribution in [0.5, 0.6) is 5.88 Å². The SMILES string of the molecule is CCCCCc1cc(O)n2ncnc2n1. The quantitative estimate of drug-likeness (QED) is 0.771. The molecule has 0 fully saturated rings. The topological polar surface area (TPSA) is 63.3 Å². The standard InChI is InChI=1S/C10H14N4O/c1-2-3-4-5-8-6-9(15)14-10(13-8)11-7-12-14/h6-7,15H,2-5H2,1H3. The number of nitrogens with zero attached hydrogens (tertiary/aromatic N) is 4. The zero-order valence-corrected chi connectivity index (χ0v) is 8.72. The number of aryl methyl sites for hydroxylation is 1. The molecule has 5 heteroatoms. The first kappa shape index (κ1) is 9.89. The Kier molecular flexibility index (Phi) is 2.80. The minimum absolute atomic E-state index is 0.101. The molecule has 0 saturated heterocycles. The fourth-order valence-electron chi connectivity index (χ4n) is 1.53. The molecule has 0 saturated carbocycles. The van der Waals surface area contributed by atoms with E-state index in [1.807, 2.05) is 0 Å². The van der Waals surface area contributed by atoms with Crippen LogP contribution < -0.4 is 0 Å². The first-order valence-corrected chi connectivity index (χ1v) is 5.20. The first-order chi connectivity index (χ1) is 7.31. The van der Waals surface area contributed by atoms with Crippen LogP contribution in [-0.2, 0) is 6.42 Å². The van der Waals surface area contributed by atoms with Gasteiger partial charge in [0.15, 0.2) is 0 Å². The van der Waals surface area contributed by atoms with Crippen LogP contribution in [-0.4, -0.2) is 24.7 Å². The van der Waals surface area contributed by atoms with Crippen molar-refractivity contribution in [1.82, 2.24) is 19.6 Å². The number of fused-ring (bicyclic) bond motifs is 1. The molecule has 0 aliphatic heterocycles. The van der Waals surface area contributed by atoms with Gasteiger partial charge in [0.1, 0.15) is 6.33 Å². The van der Waals surface area contributed by atoms with E-state index in [-0.39, 0.29) is 5.88 Å². The predicted molar refractivity (Wildman–Crippen MR) is 55.7 cm³/mol. The van der Waals surface area contributed by atoms with Crippen molar-refractivity contribution in [3.63, 3.8) is 0 Å². The molecule has 2 aromatic heterocycles. The molecule has 2 aromatic rings. The highest BCUT2D eigenvalue weighted by Crippen LogP contribution is 2.13. The molecule has 0 atom stereocenters. The van der Waals surface area contributed by atoms with Gasteiger partial charge < -0.3 is 5.11 Å². The third-order valence-electron chi connectivity index (χ3n) is 2.32. The lowest BCUT2D eigenvalue weighted by Gasteiger charge is -2.01. The molecule has 5 nitrogen and oxygen atoms in total. The largest absolute Gasteiger partial charge is 0.493 e. The Hall–Kier alpha value is -1.65. The monoisotopic (exact) mass is 206 g/mol. The number of aromatic nitrogens is 4. The number of rotatable bonds is 4. The van der Waals surface area contributed by atoms with E-state index in [0.29, 0.717) is 5.78 Å². The van der Waals surface area contributed by atoms with Crippen LogP contribution in [0.4, 0.5) is 0 Å². The van der Waals surface area contributed by atoms with Crippen LogP contribution >= 0.6 is 0 Å². The summed E-state index contributed by atoms with van der Waals surface area (Å²) in [6.07, 6.45) is 5.72. The average Bonchev–Trinajstić information content (AvgIpc) is 2.66. The molecule has 0 unspecified atom stereocenters. The molecule has 0 aliphatic carbocycles. The highest BCUT2D eigenvalue weighted by Gasteiger charge is 2.05. The van der Waals surface area contributed by atoms with Gasteiger partial charge in [0, 0.05) is 11.8 Å². The van der Waals surface area contributed by atoms with Crippen molar-refractivity contribution in [2.24, 2.45) is 0 Å². The Balaban J connectivity index is 2.21. The van der Waals surface area contributed by atoms with Gasteiger partial charge in [-0.05, 0) is 12.8 Å². The second-order valence-corrected chi connectivity index (χ2v) is 3.53. The summed E-state index contributed by atoms with van der Waals surface area (Å²) in [5, 5.41) is 13.5. The number of unbranched alkanes of at least 4 members (excludes halogenated alkanes) is 2. The van der Waals surface area contributed by atoms with Gasteiger partial charge in [-0.25, -0.2) is 4.98 Å². The zero-order valence-electron chi connectivity index (χ0n) is 8.72.